The molecule has 4 N–H and O–H groups in total. The van der Waals surface area contributed by atoms with Gasteiger partial charge in [0.2, 0.25) is 5.91 Å². The number of urea groups is 1. The van der Waals surface area contributed by atoms with Gasteiger partial charge in [-0.25, -0.2) is 4.79 Å². The molecule has 0 aromatic heterocycles. The van der Waals surface area contributed by atoms with Gasteiger partial charge in [-0.15, -0.1) is 0 Å². The molecular formula is C15H23N3O2. The topological polar surface area (TPSA) is 84.2 Å². The zero-order valence-corrected chi connectivity index (χ0v) is 12.1. The minimum Gasteiger partial charge on any atom is -0.352 e. The van der Waals surface area contributed by atoms with Gasteiger partial charge in [-0.3, -0.25) is 4.79 Å². The van der Waals surface area contributed by atoms with Gasteiger partial charge in [0.05, 0.1) is 6.04 Å². The third kappa shape index (κ3) is 5.73. The number of benzene rings is 1. The quantitative estimate of drug-likeness (QED) is 0.666. The number of amides is 3. The van der Waals surface area contributed by atoms with E-state index in [1.165, 1.54) is 5.56 Å². The summed E-state index contributed by atoms with van der Waals surface area (Å²) in [6, 6.07) is 7.50. The molecule has 1 aromatic carbocycles. The van der Waals surface area contributed by atoms with Crippen LogP contribution in [0.2, 0.25) is 0 Å². The summed E-state index contributed by atoms with van der Waals surface area (Å²) in [6.07, 6.45) is 1.93. The van der Waals surface area contributed by atoms with E-state index in [0.29, 0.717) is 13.0 Å². The highest BCUT2D eigenvalue weighted by Crippen LogP contribution is 2.16. The van der Waals surface area contributed by atoms with Crippen LogP contribution in [0.5, 0.6) is 0 Å². The Kier molecular flexibility index (Phi) is 6.56. The van der Waals surface area contributed by atoms with Gasteiger partial charge in [-0.05, 0) is 37.8 Å². The Labute approximate surface area is 119 Å². The maximum absolute atomic E-state index is 11.8. The summed E-state index contributed by atoms with van der Waals surface area (Å²) in [6.45, 7) is 4.53. The third-order valence-electron chi connectivity index (χ3n) is 3.16. The molecular weight excluding hydrogens is 254 g/mol. The highest BCUT2D eigenvalue weighted by Gasteiger charge is 2.10. The molecule has 110 valence electrons. The van der Waals surface area contributed by atoms with E-state index < -0.39 is 6.03 Å². The number of nitrogens with two attached hydrogens (primary N) is 1. The summed E-state index contributed by atoms with van der Waals surface area (Å²) in [5, 5.41) is 5.49. The molecule has 1 atom stereocenters. The lowest BCUT2D eigenvalue weighted by molar-refractivity contribution is -0.121. The molecule has 0 heterocycles. The summed E-state index contributed by atoms with van der Waals surface area (Å²) in [5.41, 5.74) is 7.26. The van der Waals surface area contributed by atoms with Gasteiger partial charge in [0.15, 0.2) is 0 Å². The first-order valence-electron chi connectivity index (χ1n) is 6.89. The highest BCUT2D eigenvalue weighted by atomic mass is 16.2. The van der Waals surface area contributed by atoms with Crippen LogP contribution in [0.4, 0.5) is 4.79 Å². The van der Waals surface area contributed by atoms with Crippen LogP contribution in [0, 0.1) is 6.92 Å². The van der Waals surface area contributed by atoms with Crippen LogP contribution < -0.4 is 16.4 Å². The number of nitrogens with one attached hydrogen (secondary N) is 2. The third-order valence-corrected chi connectivity index (χ3v) is 3.16. The van der Waals surface area contributed by atoms with E-state index in [1.54, 1.807) is 0 Å². The molecule has 5 heteroatoms. The SMILES string of the molecule is Cc1ccccc1C(C)NC(=O)CCCCNC(N)=O. The number of unbranched alkanes of at least 4 members (excludes halogenated alkanes) is 1. The van der Waals surface area contributed by atoms with E-state index in [9.17, 15) is 9.59 Å². The van der Waals surface area contributed by atoms with Crippen LogP contribution in [0.25, 0.3) is 0 Å². The second kappa shape index (κ2) is 8.19. The van der Waals surface area contributed by atoms with Gasteiger partial charge >= 0.3 is 6.03 Å². The summed E-state index contributed by atoms with van der Waals surface area (Å²) >= 11 is 0. The average molecular weight is 277 g/mol. The molecule has 5 nitrogen and oxygen atoms in total. The predicted molar refractivity (Wildman–Crippen MR) is 79.2 cm³/mol. The van der Waals surface area contributed by atoms with Gasteiger partial charge in [0, 0.05) is 13.0 Å². The van der Waals surface area contributed by atoms with E-state index in [2.05, 4.69) is 10.6 Å². The molecule has 0 saturated heterocycles. The van der Waals surface area contributed by atoms with Crippen molar-refractivity contribution >= 4 is 11.9 Å². The van der Waals surface area contributed by atoms with E-state index >= 15 is 0 Å². The Hall–Kier alpha value is -2.04. The first kappa shape index (κ1) is 16.0. The summed E-state index contributed by atoms with van der Waals surface area (Å²) in [4.78, 5) is 22.3. The molecule has 3 amide bonds. The van der Waals surface area contributed by atoms with E-state index in [1.807, 2.05) is 38.1 Å². The van der Waals surface area contributed by atoms with Crippen LogP contribution in [0.1, 0.15) is 43.4 Å². The monoisotopic (exact) mass is 277 g/mol. The van der Waals surface area contributed by atoms with Crippen molar-refractivity contribution in [2.75, 3.05) is 6.54 Å². The number of hydrogen-bond donors (Lipinski definition) is 3. The average Bonchev–Trinajstić information content (AvgIpc) is 2.38. The molecule has 0 aliphatic rings. The number of hydrogen-bond acceptors (Lipinski definition) is 2. The van der Waals surface area contributed by atoms with Crippen molar-refractivity contribution in [2.24, 2.45) is 5.73 Å². The molecule has 1 unspecified atom stereocenters. The van der Waals surface area contributed by atoms with E-state index in [4.69, 9.17) is 5.73 Å². The predicted octanol–water partition coefficient (Wildman–Crippen LogP) is 2.01. The first-order chi connectivity index (χ1) is 9.50. The van der Waals surface area contributed by atoms with E-state index in [0.717, 1.165) is 18.4 Å². The molecule has 20 heavy (non-hydrogen) atoms. The lowest BCUT2D eigenvalue weighted by atomic mass is 10.0. The van der Waals surface area contributed by atoms with Crippen molar-refractivity contribution in [3.8, 4) is 0 Å². The van der Waals surface area contributed by atoms with Gasteiger partial charge in [0.25, 0.3) is 0 Å². The first-order valence-corrected chi connectivity index (χ1v) is 6.89. The minimum atomic E-state index is -0.525. The van der Waals surface area contributed by atoms with Crippen molar-refractivity contribution < 1.29 is 9.59 Å². The highest BCUT2D eigenvalue weighted by molar-refractivity contribution is 5.76. The van der Waals surface area contributed by atoms with Crippen molar-refractivity contribution in [1.82, 2.24) is 10.6 Å². The largest absolute Gasteiger partial charge is 0.352 e. The molecule has 0 spiro atoms. The van der Waals surface area contributed by atoms with Gasteiger partial charge < -0.3 is 16.4 Å². The maximum Gasteiger partial charge on any atom is 0.312 e. The fourth-order valence-corrected chi connectivity index (χ4v) is 2.09. The zero-order chi connectivity index (χ0) is 15.0. The summed E-state index contributed by atoms with van der Waals surface area (Å²) in [7, 11) is 0. The Morgan fingerprint density at radius 3 is 2.60 bits per heavy atom. The Morgan fingerprint density at radius 2 is 1.95 bits per heavy atom. The standard InChI is InChI=1S/C15H23N3O2/c1-11-7-3-4-8-13(11)12(2)18-14(19)9-5-6-10-17-15(16)20/h3-4,7-8,12H,5-6,9-10H2,1-2H3,(H,18,19)(H3,16,17,20). The maximum atomic E-state index is 11.8. The van der Waals surface area contributed by atoms with Crippen LogP contribution in [0.15, 0.2) is 24.3 Å². The van der Waals surface area contributed by atoms with Gasteiger partial charge in [-0.2, -0.15) is 0 Å². The number of carbonyl (C=O) groups excluding carboxylic acids is 2. The smallest absolute Gasteiger partial charge is 0.312 e. The fourth-order valence-electron chi connectivity index (χ4n) is 2.09. The minimum absolute atomic E-state index is 0.00689. The van der Waals surface area contributed by atoms with Crippen LogP contribution >= 0.6 is 0 Å². The van der Waals surface area contributed by atoms with E-state index in [-0.39, 0.29) is 11.9 Å². The van der Waals surface area contributed by atoms with Crippen LogP contribution in [0.3, 0.4) is 0 Å². The number of carbonyl (C=O) groups is 2. The number of aryl methyl sites for hydroxylation is 1. The molecule has 1 rings (SSSR count). The molecule has 0 aliphatic carbocycles. The second-order valence-corrected chi connectivity index (χ2v) is 4.89. The second-order valence-electron chi connectivity index (χ2n) is 4.89. The van der Waals surface area contributed by atoms with Crippen LogP contribution in [-0.4, -0.2) is 18.5 Å². The zero-order valence-electron chi connectivity index (χ0n) is 12.1. The fraction of sp³-hybridized carbons (Fsp3) is 0.467. The number of primary amides is 1. The lowest BCUT2D eigenvalue weighted by Gasteiger charge is -2.16. The lowest BCUT2D eigenvalue weighted by Crippen LogP contribution is -2.30. The number of rotatable bonds is 7. The molecule has 1 aromatic rings. The van der Waals surface area contributed by atoms with Crippen LogP contribution in [-0.2, 0) is 4.79 Å². The summed E-state index contributed by atoms with van der Waals surface area (Å²) in [5.74, 6) is 0.0276. The van der Waals surface area contributed by atoms with Gasteiger partial charge in [-0.1, -0.05) is 24.3 Å². The summed E-state index contributed by atoms with van der Waals surface area (Å²) < 4.78 is 0. The van der Waals surface area contributed by atoms with Crippen molar-refractivity contribution in [3.63, 3.8) is 0 Å². The van der Waals surface area contributed by atoms with Gasteiger partial charge in [0.1, 0.15) is 0 Å². The molecule has 0 aliphatic heterocycles. The van der Waals surface area contributed by atoms with Crippen molar-refractivity contribution in [3.05, 3.63) is 35.4 Å². The molecule has 0 fully saturated rings. The molecule has 0 radical (unpaired) electrons. The Morgan fingerprint density at radius 1 is 1.25 bits per heavy atom. The van der Waals surface area contributed by atoms with Crippen molar-refractivity contribution in [1.29, 1.82) is 0 Å². The Balaban J connectivity index is 2.28. The molecule has 0 saturated carbocycles. The van der Waals surface area contributed by atoms with Crippen molar-refractivity contribution in [2.45, 2.75) is 39.2 Å². The normalized spacial score (nSPS) is 11.7. The molecule has 0 bridgehead atoms. The Bertz CT molecular complexity index is 460.